The molecule has 194 valence electrons. The smallest absolute Gasteiger partial charge is 0.416 e. The summed E-state index contributed by atoms with van der Waals surface area (Å²) in [5, 5.41) is 4.25. The van der Waals surface area contributed by atoms with E-state index in [0.29, 0.717) is 32.1 Å². The van der Waals surface area contributed by atoms with Crippen molar-refractivity contribution in [1.29, 1.82) is 0 Å². The Morgan fingerprint density at radius 1 is 1.11 bits per heavy atom. The van der Waals surface area contributed by atoms with Crippen molar-refractivity contribution in [2.45, 2.75) is 52.1 Å². The number of amides is 1. The average Bonchev–Trinajstić information content (AvgIpc) is 3.43. The molecule has 1 aromatic carbocycles. The maximum atomic E-state index is 13.0. The molecule has 0 bridgehead atoms. The van der Waals surface area contributed by atoms with Crippen molar-refractivity contribution in [3.8, 4) is 5.75 Å². The minimum atomic E-state index is -4.45. The molecule has 8 nitrogen and oxygen atoms in total. The van der Waals surface area contributed by atoms with Crippen LogP contribution in [0, 0.1) is 0 Å². The number of benzene rings is 1. The van der Waals surface area contributed by atoms with Gasteiger partial charge in [-0.15, -0.1) is 0 Å². The van der Waals surface area contributed by atoms with Gasteiger partial charge in [-0.3, -0.25) is 9.69 Å². The number of nitrogens with zero attached hydrogens (tertiary/aromatic N) is 5. The van der Waals surface area contributed by atoms with Crippen molar-refractivity contribution in [3.05, 3.63) is 65.6 Å². The van der Waals surface area contributed by atoms with E-state index < -0.39 is 11.7 Å². The highest BCUT2D eigenvalue weighted by atomic mass is 19.4. The third-order valence-corrected chi connectivity index (χ3v) is 5.91. The van der Waals surface area contributed by atoms with Gasteiger partial charge in [0, 0.05) is 37.8 Å². The van der Waals surface area contributed by atoms with Gasteiger partial charge >= 0.3 is 6.18 Å². The van der Waals surface area contributed by atoms with Gasteiger partial charge in [0.05, 0.1) is 18.3 Å². The van der Waals surface area contributed by atoms with E-state index in [1.807, 2.05) is 0 Å². The molecule has 1 aliphatic heterocycles. The number of rotatable bonds is 6. The fourth-order valence-electron chi connectivity index (χ4n) is 3.87. The first-order valence-corrected chi connectivity index (χ1v) is 11.8. The van der Waals surface area contributed by atoms with Gasteiger partial charge in [0.15, 0.2) is 12.4 Å². The number of carbonyl (C=O) groups excluding carboxylic acids is 1. The van der Waals surface area contributed by atoms with E-state index in [-0.39, 0.29) is 29.5 Å². The molecule has 2 aromatic heterocycles. The first-order valence-electron chi connectivity index (χ1n) is 11.8. The van der Waals surface area contributed by atoms with Gasteiger partial charge in [0.1, 0.15) is 11.5 Å². The second kappa shape index (κ2) is 10.3. The third-order valence-electron chi connectivity index (χ3n) is 5.91. The van der Waals surface area contributed by atoms with Crippen molar-refractivity contribution in [2.75, 3.05) is 26.2 Å². The average molecular weight is 506 g/mol. The van der Waals surface area contributed by atoms with Gasteiger partial charge in [-0.25, -0.2) is 9.67 Å². The Hall–Kier alpha value is -3.34. The largest absolute Gasteiger partial charge is 0.471 e. The Bertz CT molecular complexity index is 1180. The van der Waals surface area contributed by atoms with Gasteiger partial charge in [-0.05, 0) is 30.7 Å². The lowest BCUT2D eigenvalue weighted by Gasteiger charge is -2.20. The lowest BCUT2D eigenvalue weighted by atomic mass is 9.94. The molecule has 0 saturated carbocycles. The first kappa shape index (κ1) is 25.7. The van der Waals surface area contributed by atoms with Crippen LogP contribution in [-0.2, 0) is 24.9 Å². The molecule has 1 aliphatic rings. The summed E-state index contributed by atoms with van der Waals surface area (Å²) in [6, 6.07) is 6.22. The molecule has 36 heavy (non-hydrogen) atoms. The number of carbonyl (C=O) groups is 1. The van der Waals surface area contributed by atoms with E-state index in [9.17, 15) is 18.0 Å². The lowest BCUT2D eigenvalue weighted by Crippen LogP contribution is -2.35. The molecule has 0 radical (unpaired) electrons. The maximum Gasteiger partial charge on any atom is 0.416 e. The highest BCUT2D eigenvalue weighted by molar-refractivity contribution is 5.92. The summed E-state index contributed by atoms with van der Waals surface area (Å²) >= 11 is 0. The van der Waals surface area contributed by atoms with E-state index in [1.54, 1.807) is 23.4 Å². The standard InChI is InChI=1S/C25H30F3N5O3/c1-24(2,3)21-15-29-22(36-21)16-31-9-5-10-32(13-12-31)23(34)20-8-11-33(30-20)17-35-19-7-4-6-18(14-19)25(26,27)28/h4,6-8,11,14-15H,5,9-10,12-13,16-17H2,1-3H3. The van der Waals surface area contributed by atoms with E-state index >= 15 is 0 Å². The Labute approximate surface area is 207 Å². The minimum Gasteiger partial charge on any atom is -0.471 e. The van der Waals surface area contributed by atoms with Crippen molar-refractivity contribution in [3.63, 3.8) is 0 Å². The van der Waals surface area contributed by atoms with E-state index in [0.717, 1.165) is 30.9 Å². The van der Waals surface area contributed by atoms with E-state index in [1.165, 1.54) is 16.8 Å². The van der Waals surface area contributed by atoms with Gasteiger partial charge in [-0.1, -0.05) is 26.8 Å². The van der Waals surface area contributed by atoms with Crippen LogP contribution >= 0.6 is 0 Å². The summed E-state index contributed by atoms with van der Waals surface area (Å²) in [4.78, 5) is 21.4. The molecule has 4 rings (SSSR count). The first-order chi connectivity index (χ1) is 17.0. The molecule has 1 fully saturated rings. The number of hydrogen-bond acceptors (Lipinski definition) is 6. The molecular formula is C25H30F3N5O3. The second-order valence-electron chi connectivity index (χ2n) is 9.83. The summed E-state index contributed by atoms with van der Waals surface area (Å²) in [6.07, 6.45) is -0.300. The summed E-state index contributed by atoms with van der Waals surface area (Å²) in [5.74, 6) is 1.39. The number of alkyl halides is 3. The number of aromatic nitrogens is 3. The molecular weight excluding hydrogens is 475 g/mol. The number of ether oxygens (including phenoxy) is 1. The van der Waals surface area contributed by atoms with Gasteiger partial charge < -0.3 is 14.1 Å². The summed E-state index contributed by atoms with van der Waals surface area (Å²) in [7, 11) is 0. The Balaban J connectivity index is 1.30. The molecule has 11 heteroatoms. The fourth-order valence-corrected chi connectivity index (χ4v) is 3.87. The Morgan fingerprint density at radius 3 is 2.64 bits per heavy atom. The number of oxazole rings is 1. The zero-order chi connectivity index (χ0) is 25.9. The molecule has 0 atom stereocenters. The normalized spacial score (nSPS) is 15.7. The highest BCUT2D eigenvalue weighted by Gasteiger charge is 2.30. The van der Waals surface area contributed by atoms with Crippen LogP contribution in [0.3, 0.4) is 0 Å². The van der Waals surface area contributed by atoms with Crippen molar-refractivity contribution in [2.24, 2.45) is 0 Å². The topological polar surface area (TPSA) is 76.6 Å². The molecule has 3 heterocycles. The van der Waals surface area contributed by atoms with Crippen LogP contribution in [-0.4, -0.2) is 56.7 Å². The fraction of sp³-hybridized carbons (Fsp3) is 0.480. The van der Waals surface area contributed by atoms with E-state index in [2.05, 4.69) is 35.8 Å². The SMILES string of the molecule is CC(C)(C)c1cnc(CN2CCCN(C(=O)c3ccn(COc4cccc(C(F)(F)F)c4)n3)CC2)o1. The summed E-state index contributed by atoms with van der Waals surface area (Å²) in [6.45, 7) is 9.33. The predicted molar refractivity (Wildman–Crippen MR) is 125 cm³/mol. The monoisotopic (exact) mass is 505 g/mol. The maximum absolute atomic E-state index is 13.0. The van der Waals surface area contributed by atoms with Crippen LogP contribution in [0.25, 0.3) is 0 Å². The van der Waals surface area contributed by atoms with Crippen LogP contribution < -0.4 is 4.74 Å². The van der Waals surface area contributed by atoms with E-state index in [4.69, 9.17) is 9.15 Å². The van der Waals surface area contributed by atoms with Crippen LogP contribution in [0.5, 0.6) is 5.75 Å². The van der Waals surface area contributed by atoms with Crippen LogP contribution in [0.15, 0.2) is 47.1 Å². The lowest BCUT2D eigenvalue weighted by molar-refractivity contribution is -0.137. The molecule has 3 aromatic rings. The minimum absolute atomic E-state index is 0.0708. The molecule has 1 saturated heterocycles. The van der Waals surface area contributed by atoms with Gasteiger partial charge in [0.2, 0.25) is 5.89 Å². The van der Waals surface area contributed by atoms with Crippen molar-refractivity contribution in [1.82, 2.24) is 24.6 Å². The molecule has 0 aliphatic carbocycles. The molecule has 1 amide bonds. The predicted octanol–water partition coefficient (Wildman–Crippen LogP) is 4.57. The van der Waals surface area contributed by atoms with Crippen molar-refractivity contribution >= 4 is 5.91 Å². The van der Waals surface area contributed by atoms with Gasteiger partial charge in [-0.2, -0.15) is 18.3 Å². The van der Waals surface area contributed by atoms with Crippen LogP contribution in [0.2, 0.25) is 0 Å². The third kappa shape index (κ3) is 6.45. The second-order valence-corrected chi connectivity index (χ2v) is 9.83. The van der Waals surface area contributed by atoms with Gasteiger partial charge in [0.25, 0.3) is 5.91 Å². The Kier molecular flexibility index (Phi) is 7.39. The Morgan fingerprint density at radius 2 is 1.92 bits per heavy atom. The summed E-state index contributed by atoms with van der Waals surface area (Å²) in [5.41, 5.74) is -0.628. The van der Waals surface area contributed by atoms with Crippen LogP contribution in [0.4, 0.5) is 13.2 Å². The van der Waals surface area contributed by atoms with Crippen LogP contribution in [0.1, 0.15) is 54.9 Å². The zero-order valence-electron chi connectivity index (χ0n) is 20.6. The zero-order valence-corrected chi connectivity index (χ0v) is 20.6. The molecule has 0 N–H and O–H groups in total. The quantitative estimate of drug-likeness (QED) is 0.489. The summed E-state index contributed by atoms with van der Waals surface area (Å²) < 4.78 is 51.4. The number of halogens is 3. The molecule has 0 unspecified atom stereocenters. The highest BCUT2D eigenvalue weighted by Crippen LogP contribution is 2.31. The van der Waals surface area contributed by atoms with Crippen molar-refractivity contribution < 1.29 is 27.1 Å². The number of hydrogen-bond donors (Lipinski definition) is 0. The molecule has 0 spiro atoms.